The predicted octanol–water partition coefficient (Wildman–Crippen LogP) is 5.86. The van der Waals surface area contributed by atoms with E-state index in [0.29, 0.717) is 16.8 Å². The number of hydrogen-bond acceptors (Lipinski definition) is 5. The van der Waals surface area contributed by atoms with E-state index in [4.69, 9.17) is 17.2 Å². The van der Waals surface area contributed by atoms with E-state index >= 15 is 0 Å². The minimum absolute atomic E-state index is 0.0278. The first-order chi connectivity index (χ1) is 13.3. The lowest BCUT2D eigenvalue weighted by Crippen LogP contribution is -1.96. The number of nitro benzene ring substituents is 1. The molecule has 0 unspecified atom stereocenters. The molecule has 0 fully saturated rings. The maximum absolute atomic E-state index is 10.8. The van der Waals surface area contributed by atoms with Crippen LogP contribution in [0.15, 0.2) is 69.6 Å². The number of benzene rings is 4. The minimum Gasteiger partial charge on any atom is -0.397 e. The third-order valence-electron chi connectivity index (χ3n) is 4.22. The number of nitrogens with zero attached hydrogens (tertiary/aromatic N) is 1. The van der Waals surface area contributed by atoms with Gasteiger partial charge in [0, 0.05) is 14.3 Å². The normalized spacial score (nSPS) is 10.5. The molecule has 0 atom stereocenters. The van der Waals surface area contributed by atoms with E-state index in [9.17, 15) is 10.1 Å². The van der Waals surface area contributed by atoms with Gasteiger partial charge in [-0.2, -0.15) is 0 Å². The van der Waals surface area contributed by atoms with Crippen molar-refractivity contribution in [1.29, 1.82) is 0 Å². The van der Waals surface area contributed by atoms with E-state index in [1.54, 1.807) is 24.3 Å². The van der Waals surface area contributed by atoms with Crippen LogP contribution in [0.25, 0.3) is 21.5 Å². The van der Waals surface area contributed by atoms with Crippen molar-refractivity contribution in [3.8, 4) is 0 Å². The first-order valence-corrected chi connectivity index (χ1v) is 9.72. The van der Waals surface area contributed by atoms with Crippen LogP contribution in [0.1, 0.15) is 0 Å². The van der Waals surface area contributed by atoms with Crippen LogP contribution in [-0.4, -0.2) is 4.92 Å². The highest BCUT2D eigenvalue weighted by Gasteiger charge is 2.15. The molecule has 0 aliphatic heterocycles. The van der Waals surface area contributed by atoms with Crippen molar-refractivity contribution in [3.63, 3.8) is 0 Å². The molecule has 0 amide bonds. The Hall–Kier alpha value is -2.84. The lowest BCUT2D eigenvalue weighted by atomic mass is 10.1. The quantitative estimate of drug-likeness (QED) is 0.170. The average Bonchev–Trinajstić information content (AvgIpc) is 2.65. The molecule has 4 aromatic carbocycles. The standard InChI is InChI=1S/C10H7BrN2O2.C10H9BrN2/c11-7-2-3-8-6(5-7)1-4-9(12)10(8)13(14)15;11-7-2-3-8-6(5-7)1-4-9(12)10(8)13/h1-5H,12H2;1-5H,12-13H2. The van der Waals surface area contributed by atoms with Crippen molar-refractivity contribution in [2.75, 3.05) is 17.2 Å². The van der Waals surface area contributed by atoms with Crippen molar-refractivity contribution in [2.24, 2.45) is 0 Å². The van der Waals surface area contributed by atoms with Gasteiger partial charge in [0.25, 0.3) is 5.69 Å². The van der Waals surface area contributed by atoms with Crippen molar-refractivity contribution in [1.82, 2.24) is 0 Å². The largest absolute Gasteiger partial charge is 0.397 e. The molecule has 0 spiro atoms. The summed E-state index contributed by atoms with van der Waals surface area (Å²) in [7, 11) is 0. The molecule has 0 aromatic heterocycles. The van der Waals surface area contributed by atoms with Crippen molar-refractivity contribution in [2.45, 2.75) is 0 Å². The first kappa shape index (κ1) is 19.9. The summed E-state index contributed by atoms with van der Waals surface area (Å²) in [5.41, 5.74) is 18.5. The van der Waals surface area contributed by atoms with Crippen LogP contribution in [0.4, 0.5) is 22.7 Å². The maximum atomic E-state index is 10.8. The second-order valence-corrected chi connectivity index (χ2v) is 7.89. The van der Waals surface area contributed by atoms with E-state index in [1.165, 1.54) is 0 Å². The number of hydrogen-bond donors (Lipinski definition) is 3. The van der Waals surface area contributed by atoms with Gasteiger partial charge in [-0.05, 0) is 53.2 Å². The fourth-order valence-electron chi connectivity index (χ4n) is 2.85. The number of nitrogens with two attached hydrogens (primary N) is 3. The molecule has 0 heterocycles. The topological polar surface area (TPSA) is 121 Å². The highest BCUT2D eigenvalue weighted by atomic mass is 79.9. The number of nitrogen functional groups attached to an aromatic ring is 3. The third kappa shape index (κ3) is 4.02. The van der Waals surface area contributed by atoms with Gasteiger partial charge in [-0.15, -0.1) is 0 Å². The molecule has 4 aromatic rings. The number of fused-ring (bicyclic) bond motifs is 2. The van der Waals surface area contributed by atoms with Crippen molar-refractivity contribution >= 4 is 76.2 Å². The van der Waals surface area contributed by atoms with Crippen molar-refractivity contribution < 1.29 is 4.92 Å². The van der Waals surface area contributed by atoms with Crippen LogP contribution in [0, 0.1) is 10.1 Å². The van der Waals surface area contributed by atoms with E-state index in [1.807, 2.05) is 36.4 Å². The summed E-state index contributed by atoms with van der Waals surface area (Å²) < 4.78 is 1.93. The van der Waals surface area contributed by atoms with Gasteiger partial charge < -0.3 is 17.2 Å². The summed E-state index contributed by atoms with van der Waals surface area (Å²) in [6.45, 7) is 0. The van der Waals surface area contributed by atoms with Gasteiger partial charge in [-0.1, -0.05) is 50.1 Å². The molecule has 6 nitrogen and oxygen atoms in total. The second kappa shape index (κ2) is 8.04. The van der Waals surface area contributed by atoms with Gasteiger partial charge in [0.05, 0.1) is 21.7 Å². The Labute approximate surface area is 177 Å². The molecule has 0 radical (unpaired) electrons. The Bertz CT molecular complexity index is 1210. The van der Waals surface area contributed by atoms with Gasteiger partial charge >= 0.3 is 0 Å². The summed E-state index contributed by atoms with van der Waals surface area (Å²) in [5, 5.41) is 14.3. The van der Waals surface area contributed by atoms with Gasteiger partial charge in [-0.3, -0.25) is 10.1 Å². The molecule has 28 heavy (non-hydrogen) atoms. The van der Waals surface area contributed by atoms with Gasteiger partial charge in [0.1, 0.15) is 5.69 Å². The molecular formula is C20H16Br2N4O2. The highest BCUT2D eigenvalue weighted by Crippen LogP contribution is 2.32. The second-order valence-electron chi connectivity index (χ2n) is 6.06. The number of nitro groups is 1. The molecule has 6 N–H and O–H groups in total. The Kier molecular flexibility index (Phi) is 5.71. The number of rotatable bonds is 1. The SMILES string of the molecule is Nc1ccc2cc(Br)ccc2c1N.Nc1ccc2cc(Br)ccc2c1[N+](=O)[O-]. The molecule has 0 aliphatic carbocycles. The Morgan fingerprint density at radius 3 is 1.79 bits per heavy atom. The molecular weight excluding hydrogens is 488 g/mol. The van der Waals surface area contributed by atoms with E-state index in [0.717, 1.165) is 25.1 Å². The van der Waals surface area contributed by atoms with Gasteiger partial charge in [-0.25, -0.2) is 0 Å². The van der Waals surface area contributed by atoms with Crippen LogP contribution >= 0.6 is 31.9 Å². The first-order valence-electron chi connectivity index (χ1n) is 8.13. The molecule has 4 rings (SSSR count). The van der Waals surface area contributed by atoms with Gasteiger partial charge in [0.2, 0.25) is 0 Å². The number of halogens is 2. The molecule has 0 bridgehead atoms. The molecule has 0 aliphatic rings. The van der Waals surface area contributed by atoms with Crippen LogP contribution < -0.4 is 17.2 Å². The van der Waals surface area contributed by atoms with Crippen LogP contribution in [0.2, 0.25) is 0 Å². The van der Waals surface area contributed by atoms with E-state index in [2.05, 4.69) is 31.9 Å². The van der Waals surface area contributed by atoms with Crippen LogP contribution in [0.3, 0.4) is 0 Å². The van der Waals surface area contributed by atoms with Crippen molar-refractivity contribution in [3.05, 3.63) is 79.7 Å². The molecule has 0 saturated carbocycles. The summed E-state index contributed by atoms with van der Waals surface area (Å²) >= 11 is 6.71. The lowest BCUT2D eigenvalue weighted by Gasteiger charge is -2.05. The van der Waals surface area contributed by atoms with E-state index < -0.39 is 4.92 Å². The van der Waals surface area contributed by atoms with E-state index in [-0.39, 0.29) is 11.4 Å². The van der Waals surface area contributed by atoms with Crippen LogP contribution in [0.5, 0.6) is 0 Å². The van der Waals surface area contributed by atoms with Gasteiger partial charge in [0.15, 0.2) is 0 Å². The highest BCUT2D eigenvalue weighted by molar-refractivity contribution is 9.10. The zero-order valence-electron chi connectivity index (χ0n) is 14.5. The summed E-state index contributed by atoms with van der Waals surface area (Å²) in [5.74, 6) is 0. The smallest absolute Gasteiger partial charge is 0.299 e. The summed E-state index contributed by atoms with van der Waals surface area (Å²) in [6.07, 6.45) is 0. The Balaban J connectivity index is 0.000000162. The van der Waals surface area contributed by atoms with Crippen LogP contribution in [-0.2, 0) is 0 Å². The Morgan fingerprint density at radius 1 is 0.714 bits per heavy atom. The minimum atomic E-state index is -0.453. The molecule has 8 heteroatoms. The fraction of sp³-hybridized carbons (Fsp3) is 0. The summed E-state index contributed by atoms with van der Waals surface area (Å²) in [4.78, 5) is 10.4. The third-order valence-corrected chi connectivity index (χ3v) is 5.21. The maximum Gasteiger partial charge on any atom is 0.299 e. The summed E-state index contributed by atoms with van der Waals surface area (Å²) in [6, 6.07) is 18.3. The fourth-order valence-corrected chi connectivity index (χ4v) is 3.60. The number of anilines is 3. The monoisotopic (exact) mass is 502 g/mol. The Morgan fingerprint density at radius 2 is 1.21 bits per heavy atom. The molecule has 142 valence electrons. The zero-order chi connectivity index (χ0) is 20.4. The predicted molar refractivity (Wildman–Crippen MR) is 123 cm³/mol. The zero-order valence-corrected chi connectivity index (χ0v) is 17.7. The average molecular weight is 504 g/mol. The molecule has 0 saturated heterocycles. The lowest BCUT2D eigenvalue weighted by molar-refractivity contribution is -0.382.